The first kappa shape index (κ1) is 11.7. The maximum Gasteiger partial charge on any atom is 0.0637 e. The first-order valence-electron chi connectivity index (χ1n) is 5.93. The lowest BCUT2D eigenvalue weighted by Crippen LogP contribution is -2.29. The number of hydrogen-bond acceptors (Lipinski definition) is 2. The summed E-state index contributed by atoms with van der Waals surface area (Å²) in [5.74, 6) is 0.594. The third-order valence-electron chi connectivity index (χ3n) is 3.42. The summed E-state index contributed by atoms with van der Waals surface area (Å²) in [6.45, 7) is 2.84. The van der Waals surface area contributed by atoms with E-state index in [-0.39, 0.29) is 0 Å². The van der Waals surface area contributed by atoms with Crippen molar-refractivity contribution in [3.05, 3.63) is 28.8 Å². The minimum absolute atomic E-state index is 0.490. The molecular formula is C13H19ClN2. The molecule has 0 aliphatic heterocycles. The Kier molecular flexibility index (Phi) is 3.72. The van der Waals surface area contributed by atoms with Crippen molar-refractivity contribution >= 4 is 17.3 Å². The van der Waals surface area contributed by atoms with E-state index in [4.69, 9.17) is 17.3 Å². The summed E-state index contributed by atoms with van der Waals surface area (Å²) >= 11 is 6.17. The molecule has 88 valence electrons. The zero-order chi connectivity index (χ0) is 11.5. The lowest BCUT2D eigenvalue weighted by atomic mass is 10.0. The molecule has 2 rings (SSSR count). The van der Waals surface area contributed by atoms with Crippen molar-refractivity contribution < 1.29 is 0 Å². The zero-order valence-electron chi connectivity index (χ0n) is 9.67. The van der Waals surface area contributed by atoms with Gasteiger partial charge < -0.3 is 11.1 Å². The molecular weight excluding hydrogens is 220 g/mol. The van der Waals surface area contributed by atoms with Crippen LogP contribution in [0.25, 0.3) is 0 Å². The van der Waals surface area contributed by atoms with E-state index >= 15 is 0 Å². The van der Waals surface area contributed by atoms with Crippen LogP contribution in [0, 0.1) is 12.8 Å². The Bertz CT molecular complexity index is 365. The second kappa shape index (κ2) is 5.07. The molecule has 3 N–H and O–H groups in total. The molecule has 1 saturated carbocycles. The van der Waals surface area contributed by atoms with Crippen LogP contribution < -0.4 is 11.1 Å². The van der Waals surface area contributed by atoms with Gasteiger partial charge >= 0.3 is 0 Å². The number of rotatable bonds is 3. The van der Waals surface area contributed by atoms with Gasteiger partial charge in [0.2, 0.25) is 0 Å². The maximum atomic E-state index is 6.17. The molecule has 0 heterocycles. The van der Waals surface area contributed by atoms with Crippen LogP contribution in [-0.2, 0) is 0 Å². The lowest BCUT2D eigenvalue weighted by molar-refractivity contribution is 0.516. The molecule has 3 heteroatoms. The summed E-state index contributed by atoms with van der Waals surface area (Å²) in [6, 6.07) is 6.58. The SMILES string of the molecule is Cc1ccc(Cl)c(NC2CCCC2CN)c1. The number of halogens is 1. The molecule has 16 heavy (non-hydrogen) atoms. The van der Waals surface area contributed by atoms with Crippen molar-refractivity contribution in [1.82, 2.24) is 0 Å². The fraction of sp³-hybridized carbons (Fsp3) is 0.538. The Morgan fingerprint density at radius 1 is 1.44 bits per heavy atom. The highest BCUT2D eigenvalue weighted by atomic mass is 35.5. The fourth-order valence-corrected chi connectivity index (χ4v) is 2.63. The molecule has 1 aromatic rings. The smallest absolute Gasteiger partial charge is 0.0637 e. The van der Waals surface area contributed by atoms with Gasteiger partial charge in [0.15, 0.2) is 0 Å². The van der Waals surface area contributed by atoms with E-state index in [9.17, 15) is 0 Å². The van der Waals surface area contributed by atoms with Crippen LogP contribution in [0.1, 0.15) is 24.8 Å². The van der Waals surface area contributed by atoms with Gasteiger partial charge in [-0.05, 0) is 49.9 Å². The van der Waals surface area contributed by atoms with Crippen LogP contribution in [0.15, 0.2) is 18.2 Å². The molecule has 1 fully saturated rings. The van der Waals surface area contributed by atoms with Gasteiger partial charge in [-0.15, -0.1) is 0 Å². The van der Waals surface area contributed by atoms with Gasteiger partial charge in [0.25, 0.3) is 0 Å². The number of nitrogens with one attached hydrogen (secondary N) is 1. The van der Waals surface area contributed by atoms with E-state index in [2.05, 4.69) is 18.3 Å². The van der Waals surface area contributed by atoms with Gasteiger partial charge in [0, 0.05) is 6.04 Å². The first-order valence-corrected chi connectivity index (χ1v) is 6.31. The maximum absolute atomic E-state index is 6.17. The summed E-state index contributed by atoms with van der Waals surface area (Å²) in [4.78, 5) is 0. The second-order valence-corrected chi connectivity index (χ2v) is 5.07. The molecule has 0 amide bonds. The second-order valence-electron chi connectivity index (χ2n) is 4.66. The Hall–Kier alpha value is -0.730. The number of benzene rings is 1. The molecule has 0 saturated heterocycles. The predicted molar refractivity (Wildman–Crippen MR) is 70.0 cm³/mol. The van der Waals surface area contributed by atoms with Gasteiger partial charge in [-0.3, -0.25) is 0 Å². The highest BCUT2D eigenvalue weighted by Gasteiger charge is 2.26. The van der Waals surface area contributed by atoms with E-state index < -0.39 is 0 Å². The standard InChI is InChI=1S/C13H19ClN2/c1-9-5-6-11(14)13(7-9)16-12-4-2-3-10(12)8-15/h5-7,10,12,16H,2-4,8,15H2,1H3. The van der Waals surface area contributed by atoms with Crippen molar-refractivity contribution in [1.29, 1.82) is 0 Å². The van der Waals surface area contributed by atoms with Crippen LogP contribution >= 0.6 is 11.6 Å². The van der Waals surface area contributed by atoms with Crippen molar-refractivity contribution in [2.75, 3.05) is 11.9 Å². The number of nitrogens with two attached hydrogens (primary N) is 1. The summed E-state index contributed by atoms with van der Waals surface area (Å²) in [5.41, 5.74) is 8.05. The Morgan fingerprint density at radius 3 is 3.00 bits per heavy atom. The monoisotopic (exact) mass is 238 g/mol. The molecule has 2 nitrogen and oxygen atoms in total. The third kappa shape index (κ3) is 2.50. The van der Waals surface area contributed by atoms with E-state index in [1.165, 1.54) is 24.8 Å². The van der Waals surface area contributed by atoms with Gasteiger partial charge in [0.05, 0.1) is 10.7 Å². The molecule has 2 unspecified atom stereocenters. The molecule has 2 atom stereocenters. The Balaban J connectivity index is 2.11. The van der Waals surface area contributed by atoms with Gasteiger partial charge in [0.1, 0.15) is 0 Å². The molecule has 1 aliphatic rings. The number of anilines is 1. The predicted octanol–water partition coefficient (Wildman–Crippen LogP) is 3.19. The normalized spacial score (nSPS) is 24.7. The van der Waals surface area contributed by atoms with E-state index in [0.29, 0.717) is 12.0 Å². The minimum atomic E-state index is 0.490. The van der Waals surface area contributed by atoms with Gasteiger partial charge in [-0.25, -0.2) is 0 Å². The molecule has 1 aliphatic carbocycles. The molecule has 0 aromatic heterocycles. The molecule has 0 bridgehead atoms. The minimum Gasteiger partial charge on any atom is -0.381 e. The lowest BCUT2D eigenvalue weighted by Gasteiger charge is -2.21. The Morgan fingerprint density at radius 2 is 2.25 bits per heavy atom. The van der Waals surface area contributed by atoms with Crippen molar-refractivity contribution in [3.63, 3.8) is 0 Å². The largest absolute Gasteiger partial charge is 0.381 e. The quantitative estimate of drug-likeness (QED) is 0.849. The van der Waals surface area contributed by atoms with Crippen LogP contribution in [0.5, 0.6) is 0 Å². The summed E-state index contributed by atoms with van der Waals surface area (Å²) < 4.78 is 0. The first-order chi connectivity index (χ1) is 7.70. The van der Waals surface area contributed by atoms with Gasteiger partial charge in [-0.1, -0.05) is 24.1 Å². The van der Waals surface area contributed by atoms with Gasteiger partial charge in [-0.2, -0.15) is 0 Å². The average Bonchev–Trinajstić information content (AvgIpc) is 2.71. The average molecular weight is 239 g/mol. The van der Waals surface area contributed by atoms with Crippen molar-refractivity contribution in [3.8, 4) is 0 Å². The number of aryl methyl sites for hydroxylation is 1. The summed E-state index contributed by atoms with van der Waals surface area (Å²) in [5, 5.41) is 4.34. The van der Waals surface area contributed by atoms with Crippen molar-refractivity contribution in [2.45, 2.75) is 32.2 Å². The van der Waals surface area contributed by atoms with Crippen LogP contribution in [0.4, 0.5) is 5.69 Å². The third-order valence-corrected chi connectivity index (χ3v) is 3.75. The van der Waals surface area contributed by atoms with E-state index in [1.54, 1.807) is 0 Å². The Labute approximate surface area is 102 Å². The van der Waals surface area contributed by atoms with E-state index in [0.717, 1.165) is 17.3 Å². The summed E-state index contributed by atoms with van der Waals surface area (Å²) in [6.07, 6.45) is 3.70. The molecule has 0 spiro atoms. The molecule has 0 radical (unpaired) electrons. The van der Waals surface area contributed by atoms with Crippen LogP contribution in [0.3, 0.4) is 0 Å². The fourth-order valence-electron chi connectivity index (χ4n) is 2.46. The highest BCUT2D eigenvalue weighted by Crippen LogP contribution is 2.31. The van der Waals surface area contributed by atoms with Crippen LogP contribution in [0.2, 0.25) is 5.02 Å². The zero-order valence-corrected chi connectivity index (χ0v) is 10.4. The van der Waals surface area contributed by atoms with Crippen molar-refractivity contribution in [2.24, 2.45) is 11.7 Å². The summed E-state index contributed by atoms with van der Waals surface area (Å²) in [7, 11) is 0. The topological polar surface area (TPSA) is 38.0 Å². The molecule has 1 aromatic carbocycles. The van der Waals surface area contributed by atoms with E-state index in [1.807, 2.05) is 12.1 Å². The van der Waals surface area contributed by atoms with Crippen LogP contribution in [-0.4, -0.2) is 12.6 Å². The number of hydrogen-bond donors (Lipinski definition) is 2. The highest BCUT2D eigenvalue weighted by molar-refractivity contribution is 6.33.